The zero-order chi connectivity index (χ0) is 14.5. The Kier molecular flexibility index (Phi) is 4.00. The van der Waals surface area contributed by atoms with Gasteiger partial charge in [0.1, 0.15) is 5.75 Å². The molecule has 0 fully saturated rings. The Morgan fingerprint density at radius 3 is 2.67 bits per heavy atom. The Bertz CT molecular complexity index is 674. The van der Waals surface area contributed by atoms with Gasteiger partial charge in [0.15, 0.2) is 0 Å². The van der Waals surface area contributed by atoms with Crippen LogP contribution in [0.5, 0.6) is 5.75 Å². The highest BCUT2D eigenvalue weighted by Gasteiger charge is 2.03. The fraction of sp³-hybridized carbons (Fsp3) is 0.250. The molecule has 2 heterocycles. The molecule has 0 bridgehead atoms. The van der Waals surface area contributed by atoms with Crippen molar-refractivity contribution in [1.82, 2.24) is 19.6 Å². The highest BCUT2D eigenvalue weighted by Crippen LogP contribution is 2.21. The normalized spacial score (nSPS) is 10.7. The van der Waals surface area contributed by atoms with Gasteiger partial charge in [-0.2, -0.15) is 10.2 Å². The van der Waals surface area contributed by atoms with Gasteiger partial charge < -0.3 is 4.74 Å². The summed E-state index contributed by atoms with van der Waals surface area (Å²) in [6.45, 7) is 3.61. The number of hydrogen-bond acceptors (Lipinski definition) is 3. The second-order valence-corrected chi connectivity index (χ2v) is 4.87. The Labute approximate surface area is 123 Å². The number of aryl methyl sites for hydroxylation is 2. The van der Waals surface area contributed by atoms with Gasteiger partial charge in [-0.3, -0.25) is 4.68 Å². The lowest BCUT2D eigenvalue weighted by atomic mass is 10.2. The molecule has 0 saturated carbocycles. The SMILES string of the molecule is Cc1cc(-n2cccn2)ccc1OCCCn1cccn1. The average molecular weight is 282 g/mol. The molecule has 21 heavy (non-hydrogen) atoms. The summed E-state index contributed by atoms with van der Waals surface area (Å²) < 4.78 is 9.59. The third kappa shape index (κ3) is 3.31. The first-order valence-corrected chi connectivity index (χ1v) is 7.04. The predicted molar refractivity (Wildman–Crippen MR) is 80.6 cm³/mol. The molecule has 0 radical (unpaired) electrons. The average Bonchev–Trinajstić information content (AvgIpc) is 3.18. The second kappa shape index (κ2) is 6.26. The van der Waals surface area contributed by atoms with Crippen LogP contribution in [0.4, 0.5) is 0 Å². The number of ether oxygens (including phenoxy) is 1. The Balaban J connectivity index is 1.56. The lowest BCUT2D eigenvalue weighted by Crippen LogP contribution is -2.05. The van der Waals surface area contributed by atoms with Crippen molar-refractivity contribution in [2.75, 3.05) is 6.61 Å². The molecule has 0 aliphatic carbocycles. The van der Waals surface area contributed by atoms with Gasteiger partial charge in [-0.1, -0.05) is 0 Å². The van der Waals surface area contributed by atoms with E-state index in [0.29, 0.717) is 6.61 Å². The molecule has 2 aromatic heterocycles. The maximum Gasteiger partial charge on any atom is 0.122 e. The molecule has 3 rings (SSSR count). The Morgan fingerprint density at radius 1 is 1.10 bits per heavy atom. The maximum absolute atomic E-state index is 5.84. The minimum absolute atomic E-state index is 0.682. The van der Waals surface area contributed by atoms with Gasteiger partial charge in [-0.25, -0.2) is 4.68 Å². The first kappa shape index (κ1) is 13.4. The predicted octanol–water partition coefficient (Wildman–Crippen LogP) is 2.85. The van der Waals surface area contributed by atoms with E-state index in [1.807, 2.05) is 46.0 Å². The van der Waals surface area contributed by atoms with Crippen LogP contribution in [0.25, 0.3) is 5.69 Å². The van der Waals surface area contributed by atoms with E-state index in [2.05, 4.69) is 23.2 Å². The van der Waals surface area contributed by atoms with Crippen LogP contribution in [-0.4, -0.2) is 26.2 Å². The molecule has 3 aromatic rings. The van der Waals surface area contributed by atoms with Gasteiger partial charge in [-0.05, 0) is 42.8 Å². The first-order chi connectivity index (χ1) is 10.3. The summed E-state index contributed by atoms with van der Waals surface area (Å²) in [6.07, 6.45) is 8.39. The molecular formula is C16H18N4O. The monoisotopic (exact) mass is 282 g/mol. The number of nitrogens with zero attached hydrogens (tertiary/aromatic N) is 4. The molecule has 0 atom stereocenters. The van der Waals surface area contributed by atoms with Gasteiger partial charge >= 0.3 is 0 Å². The molecule has 5 nitrogen and oxygen atoms in total. The van der Waals surface area contributed by atoms with E-state index < -0.39 is 0 Å². The number of aromatic nitrogens is 4. The van der Waals surface area contributed by atoms with Crippen LogP contribution in [0.2, 0.25) is 0 Å². The van der Waals surface area contributed by atoms with E-state index in [-0.39, 0.29) is 0 Å². The quantitative estimate of drug-likeness (QED) is 0.653. The van der Waals surface area contributed by atoms with Crippen molar-refractivity contribution in [2.24, 2.45) is 0 Å². The van der Waals surface area contributed by atoms with Crippen LogP contribution in [0.15, 0.2) is 55.1 Å². The third-order valence-corrected chi connectivity index (χ3v) is 3.28. The van der Waals surface area contributed by atoms with E-state index in [1.54, 1.807) is 12.4 Å². The lowest BCUT2D eigenvalue weighted by Gasteiger charge is -2.11. The molecule has 1 aromatic carbocycles. The minimum Gasteiger partial charge on any atom is -0.493 e. The fourth-order valence-corrected chi connectivity index (χ4v) is 2.20. The summed E-state index contributed by atoms with van der Waals surface area (Å²) in [5, 5.41) is 8.40. The van der Waals surface area contributed by atoms with Crippen LogP contribution >= 0.6 is 0 Å². The molecule has 0 spiro atoms. The van der Waals surface area contributed by atoms with E-state index in [4.69, 9.17) is 4.74 Å². The summed E-state index contributed by atoms with van der Waals surface area (Å²) in [7, 11) is 0. The lowest BCUT2D eigenvalue weighted by molar-refractivity contribution is 0.297. The van der Waals surface area contributed by atoms with Crippen LogP contribution in [0.1, 0.15) is 12.0 Å². The van der Waals surface area contributed by atoms with Gasteiger partial charge in [0.05, 0.1) is 12.3 Å². The number of benzene rings is 1. The molecule has 5 heteroatoms. The van der Waals surface area contributed by atoms with Gasteiger partial charge in [-0.15, -0.1) is 0 Å². The number of rotatable bonds is 6. The van der Waals surface area contributed by atoms with Gasteiger partial charge in [0.25, 0.3) is 0 Å². The summed E-state index contributed by atoms with van der Waals surface area (Å²) in [6, 6.07) is 9.94. The van der Waals surface area contributed by atoms with Crippen molar-refractivity contribution < 1.29 is 4.74 Å². The van der Waals surface area contributed by atoms with E-state index in [9.17, 15) is 0 Å². The molecule has 0 aliphatic heterocycles. The summed E-state index contributed by atoms with van der Waals surface area (Å²) >= 11 is 0. The van der Waals surface area contributed by atoms with Gasteiger partial charge in [0, 0.05) is 37.8 Å². The molecule has 0 unspecified atom stereocenters. The van der Waals surface area contributed by atoms with Crippen molar-refractivity contribution in [1.29, 1.82) is 0 Å². The molecule has 108 valence electrons. The molecule has 0 N–H and O–H groups in total. The highest BCUT2D eigenvalue weighted by molar-refractivity contribution is 5.43. The topological polar surface area (TPSA) is 44.9 Å². The summed E-state index contributed by atoms with van der Waals surface area (Å²) in [5.74, 6) is 0.923. The molecule has 0 saturated heterocycles. The van der Waals surface area contributed by atoms with E-state index in [0.717, 1.165) is 30.0 Å². The molecule has 0 aliphatic rings. The molecule has 0 amide bonds. The van der Waals surface area contributed by atoms with Crippen LogP contribution < -0.4 is 4.74 Å². The van der Waals surface area contributed by atoms with Crippen LogP contribution in [-0.2, 0) is 6.54 Å². The first-order valence-electron chi connectivity index (χ1n) is 7.04. The summed E-state index contributed by atoms with van der Waals surface area (Å²) in [4.78, 5) is 0. The second-order valence-electron chi connectivity index (χ2n) is 4.87. The fourth-order valence-electron chi connectivity index (χ4n) is 2.20. The molecular weight excluding hydrogens is 264 g/mol. The van der Waals surface area contributed by atoms with Crippen molar-refractivity contribution >= 4 is 0 Å². The highest BCUT2D eigenvalue weighted by atomic mass is 16.5. The van der Waals surface area contributed by atoms with Gasteiger partial charge in [0.2, 0.25) is 0 Å². The zero-order valence-corrected chi connectivity index (χ0v) is 12.0. The van der Waals surface area contributed by atoms with Crippen molar-refractivity contribution in [3.8, 4) is 11.4 Å². The smallest absolute Gasteiger partial charge is 0.122 e. The minimum atomic E-state index is 0.682. The van der Waals surface area contributed by atoms with Crippen LogP contribution in [0, 0.1) is 6.92 Å². The van der Waals surface area contributed by atoms with E-state index in [1.165, 1.54) is 0 Å². The van der Waals surface area contributed by atoms with E-state index >= 15 is 0 Å². The standard InChI is InChI=1S/C16H18N4O/c1-14-13-15(20-11-3-8-18-20)5-6-16(14)21-12-4-10-19-9-2-7-17-19/h2-3,5-9,11,13H,4,10,12H2,1H3. The Hall–Kier alpha value is -2.56. The largest absolute Gasteiger partial charge is 0.493 e. The zero-order valence-electron chi connectivity index (χ0n) is 12.0. The Morgan fingerprint density at radius 2 is 1.95 bits per heavy atom. The number of hydrogen-bond donors (Lipinski definition) is 0. The summed E-state index contributed by atoms with van der Waals surface area (Å²) in [5.41, 5.74) is 2.16. The van der Waals surface area contributed by atoms with Crippen molar-refractivity contribution in [2.45, 2.75) is 19.9 Å². The van der Waals surface area contributed by atoms with Crippen LogP contribution in [0.3, 0.4) is 0 Å². The van der Waals surface area contributed by atoms with Crippen molar-refractivity contribution in [3.63, 3.8) is 0 Å². The maximum atomic E-state index is 5.84. The third-order valence-electron chi connectivity index (χ3n) is 3.28. The van der Waals surface area contributed by atoms with Crippen molar-refractivity contribution in [3.05, 3.63) is 60.7 Å².